The van der Waals surface area contributed by atoms with E-state index in [1.54, 1.807) is 16.8 Å². The minimum atomic E-state index is -0.401. The third-order valence-corrected chi connectivity index (χ3v) is 8.62. The summed E-state index contributed by atoms with van der Waals surface area (Å²) in [5.41, 5.74) is 4.45. The molecule has 3 heterocycles. The van der Waals surface area contributed by atoms with Crippen LogP contribution in [0.15, 0.2) is 47.3 Å². The number of tetrazole rings is 1. The monoisotopic (exact) mass is 529 g/mol. The molecule has 9 heteroatoms. The molecule has 0 amide bonds. The van der Waals surface area contributed by atoms with Crippen LogP contribution in [0.25, 0.3) is 10.9 Å². The van der Waals surface area contributed by atoms with Crippen molar-refractivity contribution in [1.29, 1.82) is 0 Å². The molecule has 8 nitrogen and oxygen atoms in total. The molecule has 1 aliphatic carbocycles. The molecule has 4 aromatic rings. The number of aromatic nitrogens is 5. The number of aryl methyl sites for hydroxylation is 2. The third-order valence-electron chi connectivity index (χ3n) is 8.62. The predicted molar refractivity (Wildman–Crippen MR) is 149 cm³/mol. The third kappa shape index (κ3) is 5.25. The Bertz CT molecular complexity index is 1500. The highest BCUT2D eigenvalue weighted by molar-refractivity contribution is 5.85. The molecule has 1 unspecified atom stereocenters. The van der Waals surface area contributed by atoms with Gasteiger partial charge in [-0.2, -0.15) is 0 Å². The summed E-state index contributed by atoms with van der Waals surface area (Å²) in [6.07, 6.45) is 6.54. The van der Waals surface area contributed by atoms with E-state index in [1.807, 2.05) is 19.1 Å². The van der Waals surface area contributed by atoms with Crippen LogP contribution in [0.5, 0.6) is 0 Å². The molecule has 1 N–H and O–H groups in total. The zero-order chi connectivity index (χ0) is 26.9. The smallest absolute Gasteiger partial charge is 0.253 e. The molecule has 204 valence electrons. The van der Waals surface area contributed by atoms with Crippen LogP contribution in [-0.4, -0.2) is 67.2 Å². The molecule has 1 saturated heterocycles. The minimum absolute atomic E-state index is 0.118. The Balaban J connectivity index is 1.38. The summed E-state index contributed by atoms with van der Waals surface area (Å²) in [6, 6.07) is 12.8. The number of benzene rings is 2. The Morgan fingerprint density at radius 1 is 0.974 bits per heavy atom. The van der Waals surface area contributed by atoms with Crippen LogP contribution in [-0.2, 0) is 6.54 Å². The van der Waals surface area contributed by atoms with E-state index in [9.17, 15) is 9.18 Å². The van der Waals surface area contributed by atoms with Gasteiger partial charge in [0, 0.05) is 43.2 Å². The SMILES string of the molecule is Cc1ccc(C)c2[nH]c(=O)c(C(c3nnnn3Cc3ccc(F)cc3)N3CCN(C4CCCCC4)CC3)cc12. The molecule has 2 aromatic carbocycles. The van der Waals surface area contributed by atoms with E-state index in [0.29, 0.717) is 24.0 Å². The van der Waals surface area contributed by atoms with Gasteiger partial charge in [0.1, 0.15) is 11.9 Å². The van der Waals surface area contributed by atoms with E-state index in [1.165, 1.54) is 44.2 Å². The molecule has 2 fully saturated rings. The van der Waals surface area contributed by atoms with Crippen LogP contribution in [0, 0.1) is 19.7 Å². The van der Waals surface area contributed by atoms with Crippen LogP contribution >= 0.6 is 0 Å². The number of H-pyrrole nitrogens is 1. The summed E-state index contributed by atoms with van der Waals surface area (Å²) in [4.78, 5) is 21.8. The molecule has 6 rings (SSSR count). The normalized spacial score (nSPS) is 18.5. The zero-order valence-corrected chi connectivity index (χ0v) is 22.7. The molecule has 1 aliphatic heterocycles. The molecule has 1 atom stereocenters. The van der Waals surface area contributed by atoms with E-state index < -0.39 is 6.04 Å². The number of rotatable bonds is 6. The van der Waals surface area contributed by atoms with Gasteiger partial charge in [-0.25, -0.2) is 9.07 Å². The van der Waals surface area contributed by atoms with Gasteiger partial charge in [-0.15, -0.1) is 5.10 Å². The molecule has 2 aromatic heterocycles. The first kappa shape index (κ1) is 25.8. The summed E-state index contributed by atoms with van der Waals surface area (Å²) in [6.45, 7) is 8.06. The lowest BCUT2D eigenvalue weighted by Crippen LogP contribution is -2.52. The topological polar surface area (TPSA) is 82.9 Å². The van der Waals surface area contributed by atoms with E-state index in [2.05, 4.69) is 43.3 Å². The van der Waals surface area contributed by atoms with Gasteiger partial charge < -0.3 is 4.98 Å². The summed E-state index contributed by atoms with van der Waals surface area (Å²) >= 11 is 0. The Morgan fingerprint density at radius 2 is 1.69 bits per heavy atom. The number of fused-ring (bicyclic) bond motifs is 1. The summed E-state index contributed by atoms with van der Waals surface area (Å²) < 4.78 is 15.3. The van der Waals surface area contributed by atoms with Gasteiger partial charge in [-0.05, 0) is 72.0 Å². The summed E-state index contributed by atoms with van der Waals surface area (Å²) in [5.74, 6) is 0.346. The molecule has 0 radical (unpaired) electrons. The Kier molecular flexibility index (Phi) is 7.27. The van der Waals surface area contributed by atoms with E-state index in [4.69, 9.17) is 0 Å². The van der Waals surface area contributed by atoms with Crippen molar-refractivity contribution in [2.45, 2.75) is 64.6 Å². The fourth-order valence-electron chi connectivity index (χ4n) is 6.38. The maximum absolute atomic E-state index is 13.7. The van der Waals surface area contributed by atoms with Gasteiger partial charge in [-0.3, -0.25) is 14.6 Å². The fraction of sp³-hybridized carbons (Fsp3) is 0.467. The van der Waals surface area contributed by atoms with Crippen molar-refractivity contribution in [1.82, 2.24) is 35.0 Å². The molecule has 2 aliphatic rings. The lowest BCUT2D eigenvalue weighted by Gasteiger charge is -2.43. The number of hydrogen-bond acceptors (Lipinski definition) is 6. The van der Waals surface area contributed by atoms with Gasteiger partial charge >= 0.3 is 0 Å². The first-order chi connectivity index (χ1) is 19.0. The van der Waals surface area contributed by atoms with Crippen LogP contribution < -0.4 is 5.56 Å². The number of pyridine rings is 1. The Hall–Kier alpha value is -3.43. The van der Waals surface area contributed by atoms with Gasteiger partial charge in [0.05, 0.1) is 12.1 Å². The van der Waals surface area contributed by atoms with Gasteiger partial charge in [-0.1, -0.05) is 43.5 Å². The Morgan fingerprint density at radius 3 is 2.44 bits per heavy atom. The number of halogens is 1. The van der Waals surface area contributed by atoms with E-state index >= 15 is 0 Å². The lowest BCUT2D eigenvalue weighted by molar-refractivity contribution is 0.0618. The minimum Gasteiger partial charge on any atom is -0.321 e. The molecular formula is C30H36FN7O. The number of hydrogen-bond donors (Lipinski definition) is 1. The maximum atomic E-state index is 13.7. The van der Waals surface area contributed by atoms with Gasteiger partial charge in [0.2, 0.25) is 0 Å². The average Bonchev–Trinajstić information content (AvgIpc) is 3.41. The van der Waals surface area contributed by atoms with Crippen molar-refractivity contribution in [3.8, 4) is 0 Å². The average molecular weight is 530 g/mol. The fourth-order valence-corrected chi connectivity index (χ4v) is 6.38. The molecule has 0 spiro atoms. The first-order valence-corrected chi connectivity index (χ1v) is 14.1. The lowest BCUT2D eigenvalue weighted by atomic mass is 9.93. The van der Waals surface area contributed by atoms with Crippen LogP contribution in [0.1, 0.15) is 66.2 Å². The van der Waals surface area contributed by atoms with E-state index in [0.717, 1.165) is 53.8 Å². The van der Waals surface area contributed by atoms with Crippen molar-refractivity contribution < 1.29 is 4.39 Å². The maximum Gasteiger partial charge on any atom is 0.253 e. The predicted octanol–water partition coefficient (Wildman–Crippen LogP) is 4.36. The number of nitrogens with one attached hydrogen (secondary N) is 1. The highest BCUT2D eigenvalue weighted by Gasteiger charge is 2.34. The first-order valence-electron chi connectivity index (χ1n) is 14.1. The second kappa shape index (κ2) is 11.0. The molecule has 0 bridgehead atoms. The number of piperazine rings is 1. The van der Waals surface area contributed by atoms with Gasteiger partial charge in [0.25, 0.3) is 5.56 Å². The second-order valence-corrected chi connectivity index (χ2v) is 11.1. The van der Waals surface area contributed by atoms with Gasteiger partial charge in [0.15, 0.2) is 5.82 Å². The largest absolute Gasteiger partial charge is 0.321 e. The van der Waals surface area contributed by atoms with Crippen molar-refractivity contribution in [3.63, 3.8) is 0 Å². The number of nitrogens with zero attached hydrogens (tertiary/aromatic N) is 6. The standard InChI is InChI=1S/C30H36FN7O/c1-20-8-9-21(2)27-25(20)18-26(30(39)32-27)28(37-16-14-36(15-17-37)24-6-4-3-5-7-24)29-33-34-35-38(29)19-22-10-12-23(31)13-11-22/h8-13,18,24,28H,3-7,14-17,19H2,1-2H3,(H,32,39). The number of aromatic amines is 1. The van der Waals surface area contributed by atoms with Crippen LogP contribution in [0.3, 0.4) is 0 Å². The van der Waals surface area contributed by atoms with Crippen molar-refractivity contribution in [2.75, 3.05) is 26.2 Å². The quantitative estimate of drug-likeness (QED) is 0.400. The van der Waals surface area contributed by atoms with Crippen molar-refractivity contribution >= 4 is 10.9 Å². The highest BCUT2D eigenvalue weighted by atomic mass is 19.1. The summed E-state index contributed by atoms with van der Waals surface area (Å²) in [5, 5.41) is 13.8. The second-order valence-electron chi connectivity index (χ2n) is 11.1. The molecular weight excluding hydrogens is 493 g/mol. The zero-order valence-electron chi connectivity index (χ0n) is 22.7. The van der Waals surface area contributed by atoms with Crippen molar-refractivity contribution in [3.05, 3.63) is 86.7 Å². The summed E-state index contributed by atoms with van der Waals surface area (Å²) in [7, 11) is 0. The Labute approximate surface area is 227 Å². The molecule has 1 saturated carbocycles. The van der Waals surface area contributed by atoms with Crippen LogP contribution in [0.4, 0.5) is 4.39 Å². The van der Waals surface area contributed by atoms with E-state index in [-0.39, 0.29) is 11.4 Å². The molecule has 39 heavy (non-hydrogen) atoms. The highest BCUT2D eigenvalue weighted by Crippen LogP contribution is 2.31. The van der Waals surface area contributed by atoms with Crippen LogP contribution in [0.2, 0.25) is 0 Å². The van der Waals surface area contributed by atoms with Crippen molar-refractivity contribution in [2.24, 2.45) is 0 Å².